The Bertz CT molecular complexity index is 189. The van der Waals surface area contributed by atoms with Crippen LogP contribution in [-0.4, -0.2) is 18.9 Å². The van der Waals surface area contributed by atoms with Crippen molar-refractivity contribution >= 4 is 12.3 Å². The first-order valence-electron chi connectivity index (χ1n) is 5.20. The first kappa shape index (κ1) is 13.1. The van der Waals surface area contributed by atoms with Crippen molar-refractivity contribution in [2.75, 3.05) is 6.61 Å². The number of unbranched alkanes of at least 4 members (excludes halogenated alkanes) is 1. The van der Waals surface area contributed by atoms with Crippen molar-refractivity contribution in [1.82, 2.24) is 0 Å². The minimum atomic E-state index is -0.457. The fourth-order valence-corrected chi connectivity index (χ4v) is 1.30. The molecule has 1 atom stereocenters. The van der Waals surface area contributed by atoms with Crippen LogP contribution >= 0.6 is 0 Å². The average molecular weight is 200 g/mol. The minimum absolute atomic E-state index is 0.225. The van der Waals surface area contributed by atoms with Gasteiger partial charge in [0.2, 0.25) is 0 Å². The molecule has 0 aliphatic heterocycles. The predicted molar refractivity (Wildman–Crippen MR) is 54.9 cm³/mol. The molecule has 0 saturated heterocycles. The second kappa shape index (κ2) is 6.57. The van der Waals surface area contributed by atoms with Gasteiger partial charge in [-0.1, -0.05) is 26.7 Å². The van der Waals surface area contributed by atoms with Crippen LogP contribution in [0.5, 0.6) is 0 Å². The molecule has 0 fully saturated rings. The van der Waals surface area contributed by atoms with Crippen LogP contribution in [0.1, 0.15) is 46.5 Å². The third-order valence-corrected chi connectivity index (χ3v) is 2.55. The van der Waals surface area contributed by atoms with E-state index in [9.17, 15) is 9.59 Å². The molecule has 1 unspecified atom stereocenters. The van der Waals surface area contributed by atoms with Crippen molar-refractivity contribution < 1.29 is 14.3 Å². The number of aldehydes is 1. The second-order valence-electron chi connectivity index (χ2n) is 3.72. The molecule has 3 heteroatoms. The lowest BCUT2D eigenvalue weighted by Gasteiger charge is -2.25. The van der Waals surface area contributed by atoms with E-state index in [1.165, 1.54) is 6.92 Å². The number of rotatable bonds is 7. The van der Waals surface area contributed by atoms with E-state index in [0.717, 1.165) is 32.0 Å². The predicted octanol–water partition coefficient (Wildman–Crippen LogP) is 2.33. The normalized spacial score (nSPS) is 14.5. The molecule has 3 nitrogen and oxygen atoms in total. The number of hydrogen-bond acceptors (Lipinski definition) is 3. The molecule has 14 heavy (non-hydrogen) atoms. The van der Waals surface area contributed by atoms with Crippen LogP contribution in [0.4, 0.5) is 0 Å². The zero-order valence-electron chi connectivity index (χ0n) is 9.34. The van der Waals surface area contributed by atoms with Crippen molar-refractivity contribution in [3.05, 3.63) is 0 Å². The van der Waals surface area contributed by atoms with E-state index in [-0.39, 0.29) is 12.6 Å². The van der Waals surface area contributed by atoms with Crippen LogP contribution in [0.2, 0.25) is 0 Å². The van der Waals surface area contributed by atoms with Gasteiger partial charge in [0.1, 0.15) is 12.9 Å². The van der Waals surface area contributed by atoms with E-state index in [4.69, 9.17) is 4.74 Å². The summed E-state index contributed by atoms with van der Waals surface area (Å²) in [5.41, 5.74) is -0.457. The Hall–Kier alpha value is -0.860. The topological polar surface area (TPSA) is 43.4 Å². The van der Waals surface area contributed by atoms with Gasteiger partial charge in [0.25, 0.3) is 0 Å². The maximum atomic E-state index is 11.0. The van der Waals surface area contributed by atoms with Gasteiger partial charge < -0.3 is 9.53 Å². The van der Waals surface area contributed by atoms with Gasteiger partial charge in [0, 0.05) is 6.92 Å². The Balaban J connectivity index is 4.21. The summed E-state index contributed by atoms with van der Waals surface area (Å²) >= 11 is 0. The molecule has 0 aliphatic carbocycles. The van der Waals surface area contributed by atoms with Crippen LogP contribution in [0.15, 0.2) is 0 Å². The molecule has 0 aromatic carbocycles. The molecule has 0 spiro atoms. The molecule has 0 aromatic heterocycles. The number of esters is 1. The van der Waals surface area contributed by atoms with Crippen molar-refractivity contribution in [3.8, 4) is 0 Å². The third-order valence-electron chi connectivity index (χ3n) is 2.55. The van der Waals surface area contributed by atoms with Gasteiger partial charge in [-0.15, -0.1) is 0 Å². The summed E-state index contributed by atoms with van der Waals surface area (Å²) in [5, 5.41) is 0. The van der Waals surface area contributed by atoms with Crippen LogP contribution < -0.4 is 0 Å². The standard InChI is InChI=1S/C11H20O3/c1-4-6-7-11(5-2,8-12)9-14-10(3)13/h8H,4-7,9H2,1-3H3. The average Bonchev–Trinajstić information content (AvgIpc) is 2.19. The number of carbonyl (C=O) groups excluding carboxylic acids is 2. The summed E-state index contributed by atoms with van der Waals surface area (Å²) in [4.78, 5) is 21.6. The molecule has 0 amide bonds. The molecule has 0 heterocycles. The summed E-state index contributed by atoms with van der Waals surface area (Å²) in [6, 6.07) is 0. The maximum Gasteiger partial charge on any atom is 0.302 e. The largest absolute Gasteiger partial charge is 0.465 e. The van der Waals surface area contributed by atoms with Gasteiger partial charge in [-0.25, -0.2) is 0 Å². The lowest BCUT2D eigenvalue weighted by Crippen LogP contribution is -2.29. The second-order valence-corrected chi connectivity index (χ2v) is 3.72. The SMILES string of the molecule is CCCCC(C=O)(CC)COC(C)=O. The van der Waals surface area contributed by atoms with Crippen LogP contribution in [-0.2, 0) is 14.3 Å². The smallest absolute Gasteiger partial charge is 0.302 e. The molecule has 0 aliphatic rings. The zero-order chi connectivity index (χ0) is 11.0. The van der Waals surface area contributed by atoms with E-state index >= 15 is 0 Å². The van der Waals surface area contributed by atoms with E-state index in [1.54, 1.807) is 0 Å². The molecule has 0 saturated carbocycles. The first-order valence-corrected chi connectivity index (χ1v) is 5.20. The highest BCUT2D eigenvalue weighted by Crippen LogP contribution is 2.26. The molecular weight excluding hydrogens is 180 g/mol. The Labute approximate surface area is 85.8 Å². The Kier molecular flexibility index (Phi) is 6.17. The summed E-state index contributed by atoms with van der Waals surface area (Å²) in [5.74, 6) is -0.318. The Morgan fingerprint density at radius 1 is 1.43 bits per heavy atom. The Morgan fingerprint density at radius 3 is 2.43 bits per heavy atom. The summed E-state index contributed by atoms with van der Waals surface area (Å²) in [7, 11) is 0. The molecule has 0 radical (unpaired) electrons. The summed E-state index contributed by atoms with van der Waals surface area (Å²) < 4.78 is 4.92. The van der Waals surface area contributed by atoms with Crippen molar-refractivity contribution in [1.29, 1.82) is 0 Å². The molecule has 0 rings (SSSR count). The van der Waals surface area contributed by atoms with Gasteiger partial charge in [0.05, 0.1) is 5.41 Å². The lowest BCUT2D eigenvalue weighted by molar-refractivity contribution is -0.146. The van der Waals surface area contributed by atoms with E-state index in [2.05, 4.69) is 6.92 Å². The molecular formula is C11H20O3. The van der Waals surface area contributed by atoms with Crippen molar-refractivity contribution in [2.45, 2.75) is 46.5 Å². The summed E-state index contributed by atoms with van der Waals surface area (Å²) in [6.45, 7) is 5.62. The molecule has 0 aromatic rings. The van der Waals surface area contributed by atoms with Gasteiger partial charge >= 0.3 is 5.97 Å². The van der Waals surface area contributed by atoms with E-state index in [1.807, 2.05) is 6.92 Å². The minimum Gasteiger partial charge on any atom is -0.465 e. The quantitative estimate of drug-likeness (QED) is 0.468. The van der Waals surface area contributed by atoms with E-state index in [0.29, 0.717) is 0 Å². The van der Waals surface area contributed by atoms with E-state index < -0.39 is 5.41 Å². The maximum absolute atomic E-state index is 11.0. The van der Waals surface area contributed by atoms with Crippen LogP contribution in [0.3, 0.4) is 0 Å². The molecule has 82 valence electrons. The third kappa shape index (κ3) is 4.40. The summed E-state index contributed by atoms with van der Waals surface area (Å²) in [6.07, 6.45) is 4.51. The Morgan fingerprint density at radius 2 is 2.07 bits per heavy atom. The lowest BCUT2D eigenvalue weighted by atomic mass is 9.82. The van der Waals surface area contributed by atoms with Gasteiger partial charge in [-0.05, 0) is 12.8 Å². The number of ether oxygens (including phenoxy) is 1. The molecule has 0 bridgehead atoms. The van der Waals surface area contributed by atoms with Crippen LogP contribution in [0, 0.1) is 5.41 Å². The first-order chi connectivity index (χ1) is 6.60. The fourth-order valence-electron chi connectivity index (χ4n) is 1.30. The highest BCUT2D eigenvalue weighted by molar-refractivity contribution is 5.67. The molecule has 0 N–H and O–H groups in total. The van der Waals surface area contributed by atoms with Crippen LogP contribution in [0.25, 0.3) is 0 Å². The van der Waals surface area contributed by atoms with Crippen molar-refractivity contribution in [2.24, 2.45) is 5.41 Å². The number of hydrogen-bond donors (Lipinski definition) is 0. The fraction of sp³-hybridized carbons (Fsp3) is 0.818. The van der Waals surface area contributed by atoms with Gasteiger partial charge in [-0.2, -0.15) is 0 Å². The monoisotopic (exact) mass is 200 g/mol. The van der Waals surface area contributed by atoms with Crippen molar-refractivity contribution in [3.63, 3.8) is 0 Å². The zero-order valence-corrected chi connectivity index (χ0v) is 9.34. The highest BCUT2D eigenvalue weighted by atomic mass is 16.5. The van der Waals surface area contributed by atoms with Gasteiger partial charge in [0.15, 0.2) is 0 Å². The van der Waals surface area contributed by atoms with Gasteiger partial charge in [-0.3, -0.25) is 4.79 Å². The highest BCUT2D eigenvalue weighted by Gasteiger charge is 2.28. The number of carbonyl (C=O) groups is 2.